The van der Waals surface area contributed by atoms with E-state index in [1.54, 1.807) is 11.8 Å². The number of hydrogen-bond donors (Lipinski definition) is 1. The molecule has 0 amide bonds. The lowest BCUT2D eigenvalue weighted by molar-refractivity contribution is 0.756. The Balaban J connectivity index is 1.92. The summed E-state index contributed by atoms with van der Waals surface area (Å²) in [6.45, 7) is 3.82. The van der Waals surface area contributed by atoms with E-state index in [2.05, 4.69) is 21.6 Å². The van der Waals surface area contributed by atoms with Crippen molar-refractivity contribution in [1.29, 1.82) is 0 Å². The molecule has 0 bridgehead atoms. The number of nitrogens with one attached hydrogen (secondary N) is 1. The Morgan fingerprint density at radius 3 is 3.07 bits per heavy atom. The monoisotopic (exact) mass is 224 g/mol. The molecule has 0 aromatic carbocycles. The first-order valence-corrected chi connectivity index (χ1v) is 6.14. The lowest BCUT2D eigenvalue weighted by atomic mass is 10.3. The van der Waals surface area contributed by atoms with Crippen molar-refractivity contribution in [2.75, 3.05) is 12.3 Å². The lowest BCUT2D eigenvalue weighted by Gasteiger charge is -2.12. The number of thioether (sulfide) groups is 1. The van der Waals surface area contributed by atoms with Gasteiger partial charge in [-0.15, -0.1) is 0 Å². The Morgan fingerprint density at radius 2 is 2.47 bits per heavy atom. The fraction of sp³-hybridized carbons (Fsp3) is 0.600. The third-order valence-electron chi connectivity index (χ3n) is 2.34. The molecule has 0 saturated carbocycles. The Bertz CT molecular complexity index is 369. The van der Waals surface area contributed by atoms with Crippen LogP contribution in [0.15, 0.2) is 11.2 Å². The summed E-state index contributed by atoms with van der Waals surface area (Å²) in [5.74, 6) is 1.18. The zero-order valence-corrected chi connectivity index (χ0v) is 9.97. The summed E-state index contributed by atoms with van der Waals surface area (Å²) in [7, 11) is 1.95. The van der Waals surface area contributed by atoms with Gasteiger partial charge < -0.3 is 5.32 Å². The minimum Gasteiger partial charge on any atom is -0.361 e. The van der Waals surface area contributed by atoms with Crippen LogP contribution >= 0.6 is 11.8 Å². The third kappa shape index (κ3) is 2.75. The van der Waals surface area contributed by atoms with Crippen LogP contribution in [0.1, 0.15) is 17.7 Å². The van der Waals surface area contributed by atoms with Crippen LogP contribution in [0.2, 0.25) is 0 Å². The number of hydrogen-bond acceptors (Lipinski definition) is 4. The molecule has 0 aliphatic carbocycles. The molecule has 0 atom stereocenters. The van der Waals surface area contributed by atoms with Crippen molar-refractivity contribution in [2.24, 2.45) is 12.0 Å². The van der Waals surface area contributed by atoms with E-state index in [9.17, 15) is 0 Å². The lowest BCUT2D eigenvalue weighted by Crippen LogP contribution is -2.23. The van der Waals surface area contributed by atoms with Gasteiger partial charge >= 0.3 is 0 Å². The normalized spacial score (nSPS) is 16.3. The van der Waals surface area contributed by atoms with Crippen molar-refractivity contribution in [1.82, 2.24) is 15.1 Å². The minimum absolute atomic E-state index is 0.825. The number of amidine groups is 1. The van der Waals surface area contributed by atoms with Gasteiger partial charge in [0.25, 0.3) is 0 Å². The van der Waals surface area contributed by atoms with Crippen LogP contribution in [0.3, 0.4) is 0 Å². The zero-order chi connectivity index (χ0) is 10.7. The molecule has 0 radical (unpaired) electrons. The number of aryl methyl sites for hydroxylation is 2. The Labute approximate surface area is 94.2 Å². The van der Waals surface area contributed by atoms with E-state index >= 15 is 0 Å². The van der Waals surface area contributed by atoms with Crippen LogP contribution in [-0.2, 0) is 13.6 Å². The van der Waals surface area contributed by atoms with Crippen molar-refractivity contribution >= 4 is 16.9 Å². The molecule has 0 spiro atoms. The van der Waals surface area contributed by atoms with Gasteiger partial charge in [-0.25, -0.2) is 0 Å². The topological polar surface area (TPSA) is 42.2 Å². The van der Waals surface area contributed by atoms with E-state index in [4.69, 9.17) is 0 Å². The van der Waals surface area contributed by atoms with Gasteiger partial charge in [0.15, 0.2) is 5.17 Å². The van der Waals surface area contributed by atoms with Crippen LogP contribution in [0.25, 0.3) is 0 Å². The molecule has 2 rings (SSSR count). The summed E-state index contributed by atoms with van der Waals surface area (Å²) >= 11 is 1.81. The fourth-order valence-corrected chi connectivity index (χ4v) is 2.38. The number of aromatic nitrogens is 2. The van der Waals surface area contributed by atoms with Gasteiger partial charge in [0.1, 0.15) is 0 Å². The van der Waals surface area contributed by atoms with Gasteiger partial charge in [0, 0.05) is 37.7 Å². The fourth-order valence-electron chi connectivity index (χ4n) is 1.56. The van der Waals surface area contributed by atoms with E-state index in [-0.39, 0.29) is 0 Å². The second kappa shape index (κ2) is 4.70. The van der Waals surface area contributed by atoms with Crippen molar-refractivity contribution < 1.29 is 0 Å². The van der Waals surface area contributed by atoms with Crippen LogP contribution < -0.4 is 5.32 Å². The molecule has 2 heterocycles. The van der Waals surface area contributed by atoms with E-state index in [0.29, 0.717) is 0 Å². The first kappa shape index (κ1) is 10.5. The molecule has 15 heavy (non-hydrogen) atoms. The smallest absolute Gasteiger partial charge is 0.156 e. The van der Waals surface area contributed by atoms with Crippen molar-refractivity contribution in [3.63, 3.8) is 0 Å². The van der Waals surface area contributed by atoms with Gasteiger partial charge in [-0.3, -0.25) is 9.67 Å². The number of nitrogens with zero attached hydrogens (tertiary/aromatic N) is 3. The highest BCUT2D eigenvalue weighted by Gasteiger charge is 2.07. The van der Waals surface area contributed by atoms with E-state index < -0.39 is 0 Å². The molecule has 0 saturated heterocycles. The van der Waals surface area contributed by atoms with E-state index in [1.165, 1.54) is 17.7 Å². The van der Waals surface area contributed by atoms with Crippen LogP contribution in [0.4, 0.5) is 0 Å². The largest absolute Gasteiger partial charge is 0.361 e. The van der Waals surface area contributed by atoms with Crippen molar-refractivity contribution in [2.45, 2.75) is 19.9 Å². The van der Waals surface area contributed by atoms with Gasteiger partial charge in [0.05, 0.1) is 5.69 Å². The Kier molecular flexibility index (Phi) is 3.30. The van der Waals surface area contributed by atoms with Crippen molar-refractivity contribution in [3.05, 3.63) is 17.5 Å². The van der Waals surface area contributed by atoms with Gasteiger partial charge in [-0.1, -0.05) is 11.8 Å². The minimum atomic E-state index is 0.825. The maximum absolute atomic E-state index is 4.42. The second-order valence-corrected chi connectivity index (χ2v) is 4.74. The number of rotatable bonds is 2. The highest BCUT2D eigenvalue weighted by molar-refractivity contribution is 8.13. The summed E-state index contributed by atoms with van der Waals surface area (Å²) in [5.41, 5.74) is 2.33. The molecule has 0 unspecified atom stereocenters. The summed E-state index contributed by atoms with van der Waals surface area (Å²) in [6, 6.07) is 0. The Hall–Kier alpha value is -0.970. The van der Waals surface area contributed by atoms with Crippen LogP contribution in [-0.4, -0.2) is 27.2 Å². The molecule has 1 aromatic heterocycles. The molecule has 82 valence electrons. The Morgan fingerprint density at radius 1 is 1.60 bits per heavy atom. The predicted octanol–water partition coefficient (Wildman–Crippen LogP) is 1.31. The van der Waals surface area contributed by atoms with E-state index in [1.807, 2.05) is 18.7 Å². The predicted molar refractivity (Wildman–Crippen MR) is 64.2 cm³/mol. The molecule has 0 fully saturated rings. The standard InChI is InChI=1S/C10H16N4S/c1-8-9(7-14(2)13-8)6-12-10-11-4-3-5-15-10/h7H,3-6H2,1-2H3,(H,11,12). The molecular weight excluding hydrogens is 208 g/mol. The molecule has 1 aliphatic heterocycles. The number of aliphatic imine (C=N–C) groups is 1. The maximum Gasteiger partial charge on any atom is 0.156 e. The first-order chi connectivity index (χ1) is 7.25. The van der Waals surface area contributed by atoms with Crippen LogP contribution in [0, 0.1) is 6.92 Å². The molecule has 5 heteroatoms. The average Bonchev–Trinajstić information content (AvgIpc) is 2.56. The molecule has 4 nitrogen and oxygen atoms in total. The summed E-state index contributed by atoms with van der Waals surface area (Å²) in [4.78, 5) is 4.42. The average molecular weight is 224 g/mol. The molecular formula is C10H16N4S. The first-order valence-electron chi connectivity index (χ1n) is 5.16. The third-order valence-corrected chi connectivity index (χ3v) is 3.38. The molecule has 1 aromatic rings. The van der Waals surface area contributed by atoms with Gasteiger partial charge in [-0.05, 0) is 13.3 Å². The second-order valence-electron chi connectivity index (χ2n) is 3.66. The van der Waals surface area contributed by atoms with E-state index in [0.717, 1.165) is 24.0 Å². The van der Waals surface area contributed by atoms with Gasteiger partial charge in [-0.2, -0.15) is 5.10 Å². The van der Waals surface area contributed by atoms with Gasteiger partial charge in [0.2, 0.25) is 0 Å². The highest BCUT2D eigenvalue weighted by Crippen LogP contribution is 2.11. The molecule has 1 N–H and O–H groups in total. The highest BCUT2D eigenvalue weighted by atomic mass is 32.2. The molecule has 1 aliphatic rings. The van der Waals surface area contributed by atoms with Crippen molar-refractivity contribution in [3.8, 4) is 0 Å². The SMILES string of the molecule is Cc1nn(C)cc1CNC1=NCCCS1. The maximum atomic E-state index is 4.42. The van der Waals surface area contributed by atoms with Crippen LogP contribution in [0.5, 0.6) is 0 Å². The summed E-state index contributed by atoms with van der Waals surface area (Å²) in [6.07, 6.45) is 3.25. The summed E-state index contributed by atoms with van der Waals surface area (Å²) < 4.78 is 1.85. The summed E-state index contributed by atoms with van der Waals surface area (Å²) in [5, 5.41) is 8.73. The quantitative estimate of drug-likeness (QED) is 0.823. The zero-order valence-electron chi connectivity index (χ0n) is 9.16.